The molecule has 2 aromatic carbocycles. The Bertz CT molecular complexity index is 1440. The highest BCUT2D eigenvalue weighted by atomic mass is 19.4. The Morgan fingerprint density at radius 1 is 1.09 bits per heavy atom. The molecule has 1 heterocycles. The summed E-state index contributed by atoms with van der Waals surface area (Å²) >= 11 is 0. The van der Waals surface area contributed by atoms with Gasteiger partial charge in [0.1, 0.15) is 6.56 Å². The van der Waals surface area contributed by atoms with Gasteiger partial charge >= 0.3 is 6.18 Å². The number of hydrogen-bond acceptors (Lipinski definition) is 3. The van der Waals surface area contributed by atoms with Crippen LogP contribution in [-0.4, -0.2) is 23.7 Å². The molecule has 2 aliphatic rings. The van der Waals surface area contributed by atoms with Crippen molar-refractivity contribution < 1.29 is 34.5 Å². The van der Waals surface area contributed by atoms with Crippen LogP contribution >= 0.6 is 0 Å². The fourth-order valence-electron chi connectivity index (χ4n) is 4.30. The molecule has 0 aromatic heterocycles. The van der Waals surface area contributed by atoms with Crippen LogP contribution in [0.15, 0.2) is 41.6 Å². The van der Waals surface area contributed by atoms with Gasteiger partial charge in [0.15, 0.2) is 0 Å². The van der Waals surface area contributed by atoms with Crippen LogP contribution in [0.3, 0.4) is 0 Å². The molecule has 2 fully saturated rings. The summed E-state index contributed by atoms with van der Waals surface area (Å²) in [6.45, 7) is -11.2. The third kappa shape index (κ3) is 6.01. The molecule has 0 amide bonds. The molecule has 0 N–H and O–H groups in total. The van der Waals surface area contributed by atoms with Gasteiger partial charge in [-0.05, 0) is 91.4 Å². The number of halogens is 3. The zero-order valence-electron chi connectivity index (χ0n) is 30.6. The van der Waals surface area contributed by atoms with E-state index in [2.05, 4.69) is 5.16 Å². The summed E-state index contributed by atoms with van der Waals surface area (Å²) in [5, 5.41) is 3.49. The third-order valence-electron chi connectivity index (χ3n) is 6.27. The highest BCUT2D eigenvalue weighted by Gasteiger charge is 2.35. The lowest BCUT2D eigenvalue weighted by molar-refractivity contribution is -0.138. The maximum absolute atomic E-state index is 14.1. The van der Waals surface area contributed by atoms with Gasteiger partial charge < -0.3 is 4.84 Å². The van der Waals surface area contributed by atoms with Gasteiger partial charge in [0.2, 0.25) is 0 Å². The minimum atomic E-state index is -4.80. The number of alkyl halides is 3. The zero-order valence-corrected chi connectivity index (χ0v) is 18.6. The van der Waals surface area contributed by atoms with Crippen LogP contribution in [0.25, 0.3) is 0 Å². The second kappa shape index (κ2) is 10.9. The Morgan fingerprint density at radius 2 is 1.91 bits per heavy atom. The Morgan fingerprint density at radius 3 is 2.59 bits per heavy atom. The maximum atomic E-state index is 14.1. The van der Waals surface area contributed by atoms with Crippen molar-refractivity contribution in [1.29, 1.82) is 0 Å². The molecule has 34 heavy (non-hydrogen) atoms. The van der Waals surface area contributed by atoms with Gasteiger partial charge in [-0.1, -0.05) is 55.5 Å². The average Bonchev–Trinajstić information content (AvgIpc) is 2.90. The highest BCUT2D eigenvalue weighted by Crippen LogP contribution is 2.41. The minimum absolute atomic E-state index is 0.0488. The molecule has 1 aliphatic carbocycles. The number of likely N-dealkylation sites (tertiary alicyclic amines) is 1. The lowest BCUT2D eigenvalue weighted by Crippen LogP contribution is -2.36. The van der Waals surface area contributed by atoms with Gasteiger partial charge in [-0.15, -0.1) is 0 Å². The van der Waals surface area contributed by atoms with E-state index in [4.69, 9.17) is 21.3 Å². The Balaban J connectivity index is 1.78. The van der Waals surface area contributed by atoms with E-state index in [0.29, 0.717) is 38.4 Å². The SMILES string of the molecule is [2H]C([2H])([2H])/C(=N\OC([2H])([2H])c1ccc(C2CCCCC2)c(C(F)(F)F)c1)c1ccc(C([2H])([2H])N2CCC2)c(C([2H])([2H])C([2H])([2H])[2H])c1. The molecule has 184 valence electrons. The van der Waals surface area contributed by atoms with Gasteiger partial charge in [0, 0.05) is 20.2 Å². The molecule has 0 atom stereocenters. The third-order valence-corrected chi connectivity index (χ3v) is 6.27. The summed E-state index contributed by atoms with van der Waals surface area (Å²) < 4.78 is 140. The Kier molecular flexibility index (Phi) is 4.40. The predicted octanol–water partition coefficient (Wildman–Crippen LogP) is 7.46. The summed E-state index contributed by atoms with van der Waals surface area (Å²) in [5.41, 5.74) is -3.88. The first-order chi connectivity index (χ1) is 21.0. The standard InChI is InChI=1S/C28H35F3N2O/c1-3-22-17-24(11-12-25(22)18-33-14-7-15-33)20(2)32-34-19-21-10-13-26(23-8-5-4-6-9-23)27(16-21)28(29,30)31/h10-13,16-17,23H,3-9,14-15,18-19H2,1-2H3/b32-20+/i1D3,2D3,3D2,18D2,19D2. The van der Waals surface area contributed by atoms with E-state index >= 15 is 0 Å². The van der Waals surface area contributed by atoms with Crippen LogP contribution in [0, 0.1) is 0 Å². The first kappa shape index (κ1) is 13.7. The molecule has 0 radical (unpaired) electrons. The molecule has 2 aromatic rings. The first-order valence-corrected chi connectivity index (χ1v) is 11.4. The molecule has 4 rings (SSSR count). The van der Waals surface area contributed by atoms with Gasteiger partial charge in [-0.2, -0.15) is 13.2 Å². The number of aryl methyl sites for hydroxylation is 1. The van der Waals surface area contributed by atoms with E-state index < -0.39 is 67.3 Å². The lowest BCUT2D eigenvalue weighted by atomic mass is 9.81. The minimum Gasteiger partial charge on any atom is -0.391 e. The molecular weight excluding hydrogens is 437 g/mol. The topological polar surface area (TPSA) is 24.8 Å². The summed E-state index contributed by atoms with van der Waals surface area (Å²) in [6.07, 6.45) is -3.67. The largest absolute Gasteiger partial charge is 0.416 e. The average molecular weight is 485 g/mol. The predicted molar refractivity (Wildman–Crippen MR) is 130 cm³/mol. The maximum Gasteiger partial charge on any atom is 0.416 e. The van der Waals surface area contributed by atoms with E-state index in [9.17, 15) is 13.2 Å². The van der Waals surface area contributed by atoms with Crippen LogP contribution in [0.5, 0.6) is 0 Å². The second-order valence-electron chi connectivity index (χ2n) is 8.61. The second-order valence-corrected chi connectivity index (χ2v) is 8.61. The molecular formula is C28H35F3N2O. The van der Waals surface area contributed by atoms with Crippen LogP contribution in [-0.2, 0) is 30.4 Å². The monoisotopic (exact) mass is 484 g/mol. The first-order valence-electron chi connectivity index (χ1n) is 17.4. The van der Waals surface area contributed by atoms with Crippen molar-refractivity contribution in [2.45, 2.75) is 83.8 Å². The van der Waals surface area contributed by atoms with Crippen molar-refractivity contribution in [3.05, 3.63) is 69.8 Å². The number of oxime groups is 1. The van der Waals surface area contributed by atoms with E-state index in [1.165, 1.54) is 11.0 Å². The number of benzene rings is 2. The van der Waals surface area contributed by atoms with Crippen molar-refractivity contribution in [2.75, 3.05) is 13.1 Å². The van der Waals surface area contributed by atoms with Gasteiger partial charge in [0.05, 0.1) is 14.0 Å². The molecule has 1 saturated heterocycles. The van der Waals surface area contributed by atoms with Gasteiger partial charge in [-0.3, -0.25) is 4.90 Å². The normalized spacial score (nSPS) is 25.3. The number of hydrogen-bond donors (Lipinski definition) is 0. The van der Waals surface area contributed by atoms with E-state index in [-0.39, 0.29) is 17.0 Å². The quantitative estimate of drug-likeness (QED) is 0.287. The molecule has 0 bridgehead atoms. The summed E-state index contributed by atoms with van der Waals surface area (Å²) in [7, 11) is 0. The summed E-state index contributed by atoms with van der Waals surface area (Å²) in [5.74, 6) is -0.341. The van der Waals surface area contributed by atoms with Gasteiger partial charge in [-0.25, -0.2) is 0 Å². The molecule has 0 unspecified atom stereocenters. The van der Waals surface area contributed by atoms with Crippen molar-refractivity contribution in [3.63, 3.8) is 0 Å². The lowest BCUT2D eigenvalue weighted by Gasteiger charge is -2.31. The van der Waals surface area contributed by atoms with Crippen molar-refractivity contribution in [2.24, 2.45) is 5.16 Å². The van der Waals surface area contributed by atoms with Crippen LogP contribution in [0.1, 0.15) is 108 Å². The molecule has 1 saturated carbocycles. The van der Waals surface area contributed by atoms with E-state index in [0.717, 1.165) is 43.5 Å². The fraction of sp³-hybridized carbons (Fsp3) is 0.536. The van der Waals surface area contributed by atoms with Crippen molar-refractivity contribution in [1.82, 2.24) is 4.90 Å². The van der Waals surface area contributed by atoms with Crippen molar-refractivity contribution >= 4 is 5.71 Å². The zero-order chi connectivity index (χ0) is 34.5. The number of rotatable bonds is 8. The molecule has 1 aliphatic heterocycles. The van der Waals surface area contributed by atoms with E-state index in [1.807, 2.05) is 0 Å². The van der Waals surface area contributed by atoms with Crippen molar-refractivity contribution in [3.8, 4) is 0 Å². The summed E-state index contributed by atoms with van der Waals surface area (Å²) in [4.78, 5) is 6.34. The van der Waals surface area contributed by atoms with Gasteiger partial charge in [0.25, 0.3) is 0 Å². The fourth-order valence-corrected chi connectivity index (χ4v) is 4.30. The molecule has 3 nitrogen and oxygen atoms in total. The summed E-state index contributed by atoms with van der Waals surface area (Å²) in [6, 6.07) is 5.95. The van der Waals surface area contributed by atoms with Crippen LogP contribution in [0.2, 0.25) is 0 Å². The molecule has 0 spiro atoms. The number of nitrogens with zero attached hydrogens (tertiary/aromatic N) is 2. The molecule has 6 heteroatoms. The Hall–Kier alpha value is -2.34. The van der Waals surface area contributed by atoms with Crippen LogP contribution in [0.4, 0.5) is 13.2 Å². The van der Waals surface area contributed by atoms with Crippen LogP contribution < -0.4 is 0 Å². The highest BCUT2D eigenvalue weighted by molar-refractivity contribution is 5.98. The smallest absolute Gasteiger partial charge is 0.391 e. The van der Waals surface area contributed by atoms with E-state index in [1.54, 1.807) is 0 Å². The Labute approximate surface area is 217 Å².